The van der Waals surface area contributed by atoms with Crippen LogP contribution in [0.3, 0.4) is 0 Å². The van der Waals surface area contributed by atoms with Gasteiger partial charge < -0.3 is 9.52 Å². The molecule has 1 aromatic heterocycles. The molecule has 3 aromatic rings. The second-order valence-electron chi connectivity index (χ2n) is 6.34. The lowest BCUT2D eigenvalue weighted by atomic mass is 10.1. The van der Waals surface area contributed by atoms with Crippen molar-refractivity contribution in [1.29, 1.82) is 0 Å². The van der Waals surface area contributed by atoms with Crippen LogP contribution >= 0.6 is 24.0 Å². The first-order valence-electron chi connectivity index (χ1n) is 9.74. The third kappa shape index (κ3) is 5.31. The summed E-state index contributed by atoms with van der Waals surface area (Å²) >= 11 is 6.62. The van der Waals surface area contributed by atoms with Gasteiger partial charge in [-0.3, -0.25) is 9.69 Å². The SMILES string of the molecule is CC.O=C(O)c1ccc(-c2ccc(/C=C3\SC(=S)N(Cc4ccccc4)C3=O)o2)cc1. The predicted octanol–water partition coefficient (Wildman–Crippen LogP) is 6.07. The molecule has 1 saturated heterocycles. The van der Waals surface area contributed by atoms with Gasteiger partial charge in [-0.2, -0.15) is 0 Å². The van der Waals surface area contributed by atoms with Crippen LogP contribution in [-0.2, 0) is 11.3 Å². The van der Waals surface area contributed by atoms with Crippen molar-refractivity contribution in [2.24, 2.45) is 0 Å². The molecule has 1 aliphatic rings. The van der Waals surface area contributed by atoms with E-state index in [1.54, 1.807) is 35.2 Å². The number of benzene rings is 2. The topological polar surface area (TPSA) is 70.8 Å². The van der Waals surface area contributed by atoms with Gasteiger partial charge in [-0.15, -0.1) is 0 Å². The summed E-state index contributed by atoms with van der Waals surface area (Å²) in [5.74, 6) is -0.00250. The molecule has 0 spiro atoms. The zero-order valence-electron chi connectivity index (χ0n) is 17.1. The molecule has 4 rings (SSSR count). The molecule has 0 bridgehead atoms. The largest absolute Gasteiger partial charge is 0.478 e. The summed E-state index contributed by atoms with van der Waals surface area (Å²) in [7, 11) is 0. The van der Waals surface area contributed by atoms with Crippen molar-refractivity contribution in [3.05, 3.63) is 88.5 Å². The molecular weight excluding hydrogens is 430 g/mol. The number of rotatable bonds is 5. The lowest BCUT2D eigenvalue weighted by Gasteiger charge is -2.14. The van der Waals surface area contributed by atoms with Crippen LogP contribution in [0.4, 0.5) is 0 Å². The summed E-state index contributed by atoms with van der Waals surface area (Å²) in [6, 6.07) is 19.7. The first kappa shape index (κ1) is 22.5. The summed E-state index contributed by atoms with van der Waals surface area (Å²) in [6.07, 6.45) is 1.68. The Bertz CT molecular complexity index is 1120. The highest BCUT2D eigenvalue weighted by atomic mass is 32.2. The number of furan rings is 1. The molecule has 1 N–H and O–H groups in total. The van der Waals surface area contributed by atoms with E-state index < -0.39 is 5.97 Å². The fourth-order valence-corrected chi connectivity index (χ4v) is 4.13. The van der Waals surface area contributed by atoms with Crippen molar-refractivity contribution in [3.8, 4) is 11.3 Å². The Morgan fingerprint density at radius 1 is 1.06 bits per heavy atom. The van der Waals surface area contributed by atoms with E-state index in [2.05, 4.69) is 0 Å². The average Bonchev–Trinajstić information content (AvgIpc) is 3.36. The summed E-state index contributed by atoms with van der Waals surface area (Å²) in [4.78, 5) is 25.8. The second kappa shape index (κ2) is 10.2. The Hall–Kier alpha value is -3.16. The molecular formula is C24H21NO4S2. The van der Waals surface area contributed by atoms with E-state index in [9.17, 15) is 9.59 Å². The highest BCUT2D eigenvalue weighted by Crippen LogP contribution is 2.34. The van der Waals surface area contributed by atoms with E-state index in [1.165, 1.54) is 23.9 Å². The van der Waals surface area contributed by atoms with Crippen molar-refractivity contribution in [3.63, 3.8) is 0 Å². The van der Waals surface area contributed by atoms with Crippen LogP contribution in [0.1, 0.15) is 35.5 Å². The van der Waals surface area contributed by atoms with E-state index in [-0.39, 0.29) is 11.5 Å². The summed E-state index contributed by atoms with van der Waals surface area (Å²) in [6.45, 7) is 4.43. The summed E-state index contributed by atoms with van der Waals surface area (Å²) in [5, 5.41) is 8.99. The lowest BCUT2D eigenvalue weighted by Crippen LogP contribution is -2.27. The van der Waals surface area contributed by atoms with Crippen LogP contribution in [0.15, 0.2) is 76.1 Å². The Balaban J connectivity index is 0.00000132. The van der Waals surface area contributed by atoms with Crippen LogP contribution in [0.25, 0.3) is 17.4 Å². The van der Waals surface area contributed by atoms with Crippen molar-refractivity contribution in [1.82, 2.24) is 4.90 Å². The number of carbonyl (C=O) groups excluding carboxylic acids is 1. The number of hydrogen-bond donors (Lipinski definition) is 1. The Morgan fingerprint density at radius 2 is 1.74 bits per heavy atom. The van der Waals surface area contributed by atoms with Crippen LogP contribution < -0.4 is 0 Å². The highest BCUT2D eigenvalue weighted by Gasteiger charge is 2.32. The molecule has 0 unspecified atom stereocenters. The second-order valence-corrected chi connectivity index (χ2v) is 8.01. The Labute approximate surface area is 190 Å². The molecule has 1 amide bonds. The molecule has 1 aliphatic heterocycles. The van der Waals surface area contributed by atoms with Crippen LogP contribution in [0.2, 0.25) is 0 Å². The van der Waals surface area contributed by atoms with Gasteiger partial charge in [0.1, 0.15) is 15.8 Å². The van der Waals surface area contributed by atoms with Crippen LogP contribution in [0, 0.1) is 0 Å². The van der Waals surface area contributed by atoms with Gasteiger partial charge in [0.15, 0.2) is 0 Å². The predicted molar refractivity (Wildman–Crippen MR) is 128 cm³/mol. The standard InChI is InChI=1S/C22H15NO4S2.C2H6/c24-20-19(29-22(28)23(20)13-14-4-2-1-3-5-14)12-17-10-11-18(27-17)15-6-8-16(9-7-15)21(25)26;1-2/h1-12H,13H2,(H,25,26);1-2H3/b19-12-;. The molecule has 0 atom stereocenters. The molecule has 158 valence electrons. The Morgan fingerprint density at radius 3 is 2.39 bits per heavy atom. The average molecular weight is 452 g/mol. The van der Waals surface area contributed by atoms with E-state index in [0.29, 0.717) is 27.3 Å². The zero-order valence-corrected chi connectivity index (χ0v) is 18.7. The van der Waals surface area contributed by atoms with Crippen LogP contribution in [-0.4, -0.2) is 26.2 Å². The molecule has 0 saturated carbocycles. The molecule has 2 aromatic carbocycles. The molecule has 0 aliphatic carbocycles. The number of hydrogen-bond acceptors (Lipinski definition) is 5. The number of thiocarbonyl (C=S) groups is 1. The van der Waals surface area contributed by atoms with Gasteiger partial charge in [-0.1, -0.05) is 80.3 Å². The lowest BCUT2D eigenvalue weighted by molar-refractivity contribution is -0.122. The normalized spacial score (nSPS) is 14.5. The quantitative estimate of drug-likeness (QED) is 0.375. The van der Waals surface area contributed by atoms with Gasteiger partial charge in [0.25, 0.3) is 5.91 Å². The highest BCUT2D eigenvalue weighted by molar-refractivity contribution is 8.26. The zero-order chi connectivity index (χ0) is 22.4. The number of carbonyl (C=O) groups is 2. The monoisotopic (exact) mass is 451 g/mol. The molecule has 2 heterocycles. The molecule has 1 fully saturated rings. The fraction of sp³-hybridized carbons (Fsp3) is 0.125. The van der Waals surface area contributed by atoms with Crippen molar-refractivity contribution >= 4 is 46.3 Å². The number of carboxylic acid groups (broad SMARTS) is 1. The van der Waals surface area contributed by atoms with E-state index in [1.807, 2.05) is 44.2 Å². The van der Waals surface area contributed by atoms with Gasteiger partial charge in [0, 0.05) is 11.6 Å². The minimum Gasteiger partial charge on any atom is -0.478 e. The first-order valence-corrected chi connectivity index (χ1v) is 11.0. The Kier molecular flexibility index (Phi) is 7.44. The van der Waals surface area contributed by atoms with Crippen LogP contribution in [0.5, 0.6) is 0 Å². The number of amides is 1. The summed E-state index contributed by atoms with van der Waals surface area (Å²) < 4.78 is 6.33. The fourth-order valence-electron chi connectivity index (χ4n) is 2.89. The van der Waals surface area contributed by atoms with Gasteiger partial charge in [0.05, 0.1) is 17.0 Å². The number of nitrogens with zero attached hydrogens (tertiary/aromatic N) is 1. The minimum absolute atomic E-state index is 0.146. The van der Waals surface area contributed by atoms with Crippen molar-refractivity contribution in [2.75, 3.05) is 0 Å². The van der Waals surface area contributed by atoms with Crippen molar-refractivity contribution < 1.29 is 19.1 Å². The third-order valence-corrected chi connectivity index (χ3v) is 5.75. The number of carboxylic acids is 1. The maximum atomic E-state index is 12.8. The maximum Gasteiger partial charge on any atom is 0.335 e. The summed E-state index contributed by atoms with van der Waals surface area (Å²) in [5.41, 5.74) is 1.98. The third-order valence-electron chi connectivity index (χ3n) is 4.37. The maximum absolute atomic E-state index is 12.8. The smallest absolute Gasteiger partial charge is 0.335 e. The van der Waals surface area contributed by atoms with E-state index >= 15 is 0 Å². The number of aromatic carboxylic acids is 1. The molecule has 5 nitrogen and oxygen atoms in total. The molecule has 31 heavy (non-hydrogen) atoms. The minimum atomic E-state index is -0.978. The van der Waals surface area contributed by atoms with Gasteiger partial charge >= 0.3 is 5.97 Å². The van der Waals surface area contributed by atoms with Gasteiger partial charge in [0.2, 0.25) is 0 Å². The van der Waals surface area contributed by atoms with E-state index in [4.69, 9.17) is 21.7 Å². The van der Waals surface area contributed by atoms with Gasteiger partial charge in [-0.25, -0.2) is 4.79 Å². The van der Waals surface area contributed by atoms with Gasteiger partial charge in [-0.05, 0) is 29.8 Å². The van der Waals surface area contributed by atoms with Crippen molar-refractivity contribution in [2.45, 2.75) is 20.4 Å². The molecule has 0 radical (unpaired) electrons. The first-order chi connectivity index (χ1) is 15.0. The number of thioether (sulfide) groups is 1. The molecule has 7 heteroatoms. The van der Waals surface area contributed by atoms with E-state index in [0.717, 1.165) is 11.1 Å².